The number of carbonyl (C=O) groups is 2. The first-order valence-corrected chi connectivity index (χ1v) is 8.27. The van der Waals surface area contributed by atoms with Gasteiger partial charge in [-0.1, -0.05) is 18.2 Å². The highest BCUT2D eigenvalue weighted by atomic mass is 16.6. The summed E-state index contributed by atoms with van der Waals surface area (Å²) < 4.78 is 16.8. The van der Waals surface area contributed by atoms with Gasteiger partial charge in [0.05, 0.1) is 19.3 Å². The van der Waals surface area contributed by atoms with Gasteiger partial charge in [0.2, 0.25) is 5.91 Å². The van der Waals surface area contributed by atoms with Crippen LogP contribution in [0.1, 0.15) is 12.8 Å². The molecule has 128 valence electrons. The average Bonchev–Trinajstić information content (AvgIpc) is 3.25. The second-order valence-electron chi connectivity index (χ2n) is 6.42. The quantitative estimate of drug-likeness (QED) is 0.868. The molecule has 0 spiro atoms. The third kappa shape index (κ3) is 3.22. The van der Waals surface area contributed by atoms with E-state index >= 15 is 0 Å². The van der Waals surface area contributed by atoms with E-state index in [1.54, 1.807) is 12.1 Å². The number of anilines is 1. The molecule has 4 rings (SSSR count). The highest BCUT2D eigenvalue weighted by Crippen LogP contribution is 2.32. The van der Waals surface area contributed by atoms with E-state index < -0.39 is 12.2 Å². The minimum absolute atomic E-state index is 0.0686. The van der Waals surface area contributed by atoms with Gasteiger partial charge in [-0.25, -0.2) is 4.79 Å². The van der Waals surface area contributed by atoms with Crippen molar-refractivity contribution in [1.29, 1.82) is 0 Å². The van der Waals surface area contributed by atoms with Gasteiger partial charge in [-0.2, -0.15) is 0 Å². The highest BCUT2D eigenvalue weighted by Gasteiger charge is 2.50. The monoisotopic (exact) mass is 332 g/mol. The van der Waals surface area contributed by atoms with Gasteiger partial charge in [0.25, 0.3) is 0 Å². The van der Waals surface area contributed by atoms with E-state index in [4.69, 9.17) is 14.2 Å². The number of hydrogen-bond acceptors (Lipinski definition) is 5. The smallest absolute Gasteiger partial charge is 0.412 e. The van der Waals surface area contributed by atoms with Crippen LogP contribution in [-0.2, 0) is 19.0 Å². The number of amides is 2. The zero-order chi connectivity index (χ0) is 16.5. The van der Waals surface area contributed by atoms with Crippen LogP contribution in [0.4, 0.5) is 10.5 Å². The second-order valence-corrected chi connectivity index (χ2v) is 6.42. The summed E-state index contributed by atoms with van der Waals surface area (Å²) in [5.74, 6) is 0.216. The lowest BCUT2D eigenvalue weighted by Gasteiger charge is -2.18. The topological polar surface area (TPSA) is 85.9 Å². The number of hydrogen-bond donors (Lipinski definition) is 2. The minimum Gasteiger partial charge on any atom is -0.441 e. The predicted molar refractivity (Wildman–Crippen MR) is 84.5 cm³/mol. The van der Waals surface area contributed by atoms with Gasteiger partial charge in [0.15, 0.2) is 6.10 Å². The van der Waals surface area contributed by atoms with Gasteiger partial charge in [0, 0.05) is 11.6 Å². The normalized spacial score (nSPS) is 31.3. The molecule has 2 saturated heterocycles. The Balaban J connectivity index is 1.30. The molecule has 1 saturated carbocycles. The zero-order valence-corrected chi connectivity index (χ0v) is 13.1. The molecule has 1 aromatic carbocycles. The summed E-state index contributed by atoms with van der Waals surface area (Å²) in [5, 5.41) is 5.65. The predicted octanol–water partition coefficient (Wildman–Crippen LogP) is 1.30. The maximum absolute atomic E-state index is 12.0. The summed E-state index contributed by atoms with van der Waals surface area (Å²) in [4.78, 5) is 23.9. The standard InChI is InChI=1S/C17H20N2O5/c20-16(10-6-7-10)19-12-8-22-15-13(9-23-14(12)15)24-17(21)18-11-4-2-1-3-5-11/h1-5,10,12-15H,6-9H2,(H,18,21)(H,19,20). The first kappa shape index (κ1) is 15.4. The fraction of sp³-hybridized carbons (Fsp3) is 0.529. The summed E-state index contributed by atoms with van der Waals surface area (Å²) in [6, 6.07) is 8.92. The molecule has 2 amide bonds. The van der Waals surface area contributed by atoms with Crippen LogP contribution in [0.15, 0.2) is 30.3 Å². The molecule has 1 aliphatic carbocycles. The molecule has 0 aromatic heterocycles. The van der Waals surface area contributed by atoms with Gasteiger partial charge in [-0.3, -0.25) is 10.1 Å². The molecule has 2 heterocycles. The summed E-state index contributed by atoms with van der Waals surface area (Å²) in [6.07, 6.45) is 0.309. The van der Waals surface area contributed by atoms with E-state index in [0.717, 1.165) is 12.8 Å². The van der Waals surface area contributed by atoms with Crippen LogP contribution < -0.4 is 10.6 Å². The van der Waals surface area contributed by atoms with Crippen molar-refractivity contribution in [1.82, 2.24) is 5.32 Å². The van der Waals surface area contributed by atoms with E-state index in [1.165, 1.54) is 0 Å². The molecule has 3 fully saturated rings. The molecule has 24 heavy (non-hydrogen) atoms. The van der Waals surface area contributed by atoms with E-state index in [2.05, 4.69) is 10.6 Å². The fourth-order valence-electron chi connectivity index (χ4n) is 3.14. The van der Waals surface area contributed by atoms with E-state index in [-0.39, 0.29) is 36.7 Å². The number of carbonyl (C=O) groups excluding carboxylic acids is 2. The Kier molecular flexibility index (Phi) is 4.12. The summed E-state index contributed by atoms with van der Waals surface area (Å²) in [7, 11) is 0. The summed E-state index contributed by atoms with van der Waals surface area (Å²) >= 11 is 0. The lowest BCUT2D eigenvalue weighted by atomic mass is 10.1. The van der Waals surface area contributed by atoms with Crippen molar-refractivity contribution in [3.8, 4) is 0 Å². The number of para-hydroxylation sites is 1. The Hall–Kier alpha value is -2.12. The second kappa shape index (κ2) is 6.41. The van der Waals surface area contributed by atoms with Gasteiger partial charge < -0.3 is 19.5 Å². The third-order valence-electron chi connectivity index (χ3n) is 4.56. The van der Waals surface area contributed by atoms with Crippen molar-refractivity contribution >= 4 is 17.7 Å². The van der Waals surface area contributed by atoms with Crippen molar-refractivity contribution < 1.29 is 23.8 Å². The minimum atomic E-state index is -0.537. The number of fused-ring (bicyclic) bond motifs is 1. The Labute approximate surface area is 139 Å². The first-order chi connectivity index (χ1) is 11.7. The van der Waals surface area contributed by atoms with E-state index in [0.29, 0.717) is 12.3 Å². The van der Waals surface area contributed by atoms with Gasteiger partial charge in [-0.05, 0) is 25.0 Å². The number of nitrogens with one attached hydrogen (secondary N) is 2. The lowest BCUT2D eigenvalue weighted by Crippen LogP contribution is -2.45. The van der Waals surface area contributed by atoms with Crippen molar-refractivity contribution in [2.24, 2.45) is 5.92 Å². The van der Waals surface area contributed by atoms with Gasteiger partial charge in [-0.15, -0.1) is 0 Å². The van der Waals surface area contributed by atoms with E-state index in [9.17, 15) is 9.59 Å². The first-order valence-electron chi connectivity index (χ1n) is 8.27. The van der Waals surface area contributed by atoms with E-state index in [1.807, 2.05) is 18.2 Å². The van der Waals surface area contributed by atoms with Crippen LogP contribution in [-0.4, -0.2) is 49.6 Å². The van der Waals surface area contributed by atoms with Crippen molar-refractivity contribution in [2.75, 3.05) is 18.5 Å². The highest BCUT2D eigenvalue weighted by molar-refractivity contribution is 5.84. The Bertz CT molecular complexity index is 619. The van der Waals surface area contributed by atoms with Crippen LogP contribution in [0, 0.1) is 5.92 Å². The molecule has 4 atom stereocenters. The molecule has 2 N–H and O–H groups in total. The Morgan fingerprint density at radius 2 is 1.79 bits per heavy atom. The Morgan fingerprint density at radius 3 is 2.54 bits per heavy atom. The molecular weight excluding hydrogens is 312 g/mol. The Morgan fingerprint density at radius 1 is 1.04 bits per heavy atom. The van der Waals surface area contributed by atoms with Gasteiger partial charge >= 0.3 is 6.09 Å². The SMILES string of the molecule is O=C(Nc1ccccc1)OC1COC2C(NC(=O)C3CC3)COC12. The van der Waals surface area contributed by atoms with Crippen LogP contribution in [0.2, 0.25) is 0 Å². The molecule has 0 radical (unpaired) electrons. The van der Waals surface area contributed by atoms with Crippen LogP contribution in [0.3, 0.4) is 0 Å². The number of ether oxygens (including phenoxy) is 3. The van der Waals surface area contributed by atoms with Crippen LogP contribution in [0.5, 0.6) is 0 Å². The number of rotatable bonds is 4. The molecule has 2 aliphatic heterocycles. The van der Waals surface area contributed by atoms with Crippen molar-refractivity contribution in [3.63, 3.8) is 0 Å². The number of benzene rings is 1. The molecular formula is C17H20N2O5. The molecule has 4 unspecified atom stereocenters. The third-order valence-corrected chi connectivity index (χ3v) is 4.56. The molecule has 3 aliphatic rings. The van der Waals surface area contributed by atoms with Crippen molar-refractivity contribution in [3.05, 3.63) is 30.3 Å². The zero-order valence-electron chi connectivity index (χ0n) is 13.1. The van der Waals surface area contributed by atoms with Crippen LogP contribution in [0.25, 0.3) is 0 Å². The maximum Gasteiger partial charge on any atom is 0.412 e. The molecule has 7 nitrogen and oxygen atoms in total. The van der Waals surface area contributed by atoms with Crippen molar-refractivity contribution in [2.45, 2.75) is 37.2 Å². The molecule has 1 aromatic rings. The summed E-state index contributed by atoms with van der Waals surface area (Å²) in [5.41, 5.74) is 0.667. The average molecular weight is 332 g/mol. The van der Waals surface area contributed by atoms with Gasteiger partial charge in [0.1, 0.15) is 12.2 Å². The van der Waals surface area contributed by atoms with Crippen LogP contribution >= 0.6 is 0 Å². The largest absolute Gasteiger partial charge is 0.441 e. The lowest BCUT2D eigenvalue weighted by molar-refractivity contribution is -0.123. The molecule has 0 bridgehead atoms. The summed E-state index contributed by atoms with van der Waals surface area (Å²) in [6.45, 7) is 0.654. The molecule has 7 heteroatoms. The maximum atomic E-state index is 12.0. The fourth-order valence-corrected chi connectivity index (χ4v) is 3.14.